The lowest BCUT2D eigenvalue weighted by molar-refractivity contribution is -0.132. The number of unbranched alkanes of at least 4 members (excludes halogenated alkanes) is 1. The molecule has 0 aromatic heterocycles. The fourth-order valence-electron chi connectivity index (χ4n) is 3.53. The molecule has 0 saturated carbocycles. The zero-order valence-corrected chi connectivity index (χ0v) is 16.1. The molecule has 0 unspecified atom stereocenters. The third-order valence-corrected chi connectivity index (χ3v) is 5.13. The summed E-state index contributed by atoms with van der Waals surface area (Å²) in [6, 6.07) is 18.1. The zero-order valence-electron chi connectivity index (χ0n) is 16.1. The third kappa shape index (κ3) is 5.43. The molecule has 3 rings (SSSR count). The molecule has 4 nitrogen and oxygen atoms in total. The molecule has 27 heavy (non-hydrogen) atoms. The molecule has 0 N–H and O–H groups in total. The van der Waals surface area contributed by atoms with Gasteiger partial charge in [0.05, 0.1) is 0 Å². The Morgan fingerprint density at radius 2 is 1.56 bits per heavy atom. The van der Waals surface area contributed by atoms with Gasteiger partial charge in [0.25, 0.3) is 5.91 Å². The van der Waals surface area contributed by atoms with Gasteiger partial charge in [0.1, 0.15) is 0 Å². The largest absolute Gasteiger partial charge is 0.339 e. The van der Waals surface area contributed by atoms with Gasteiger partial charge in [0.2, 0.25) is 5.91 Å². The van der Waals surface area contributed by atoms with E-state index in [0.717, 1.165) is 30.4 Å². The van der Waals surface area contributed by atoms with Gasteiger partial charge in [-0.25, -0.2) is 0 Å². The maximum absolute atomic E-state index is 12.6. The average molecular weight is 364 g/mol. The monoisotopic (exact) mass is 364 g/mol. The quantitative estimate of drug-likeness (QED) is 0.734. The minimum Gasteiger partial charge on any atom is -0.339 e. The molecule has 1 aliphatic heterocycles. The van der Waals surface area contributed by atoms with E-state index in [1.807, 2.05) is 47.1 Å². The number of amides is 2. The number of benzene rings is 2. The molecule has 1 fully saturated rings. The smallest absolute Gasteiger partial charge is 0.253 e. The van der Waals surface area contributed by atoms with Gasteiger partial charge in [-0.1, -0.05) is 48.0 Å². The lowest BCUT2D eigenvalue weighted by Crippen LogP contribution is -2.50. The van der Waals surface area contributed by atoms with Gasteiger partial charge in [-0.15, -0.1) is 0 Å². The molecule has 2 aromatic rings. The van der Waals surface area contributed by atoms with Gasteiger partial charge in [0.15, 0.2) is 0 Å². The van der Waals surface area contributed by atoms with E-state index in [1.165, 1.54) is 5.56 Å². The highest BCUT2D eigenvalue weighted by Gasteiger charge is 2.24. The second kappa shape index (κ2) is 9.36. The van der Waals surface area contributed by atoms with E-state index in [9.17, 15) is 9.59 Å². The minimum absolute atomic E-state index is 0.0636. The fraction of sp³-hybridized carbons (Fsp3) is 0.391. The van der Waals surface area contributed by atoms with Crippen molar-refractivity contribution in [1.29, 1.82) is 0 Å². The number of rotatable bonds is 6. The number of hydrogen-bond donors (Lipinski definition) is 0. The number of aryl methyl sites for hydroxylation is 2. The first kappa shape index (κ1) is 19.2. The van der Waals surface area contributed by atoms with Crippen LogP contribution in [0, 0.1) is 6.92 Å². The van der Waals surface area contributed by atoms with Gasteiger partial charge in [-0.3, -0.25) is 9.59 Å². The summed E-state index contributed by atoms with van der Waals surface area (Å²) in [6.45, 7) is 4.49. The lowest BCUT2D eigenvalue weighted by atomic mass is 10.1. The van der Waals surface area contributed by atoms with Crippen LogP contribution in [0.15, 0.2) is 54.6 Å². The Bertz CT molecular complexity index is 765. The van der Waals surface area contributed by atoms with Crippen molar-refractivity contribution in [2.24, 2.45) is 0 Å². The zero-order chi connectivity index (χ0) is 19.1. The Kier molecular flexibility index (Phi) is 6.64. The summed E-state index contributed by atoms with van der Waals surface area (Å²) >= 11 is 0. The van der Waals surface area contributed by atoms with Gasteiger partial charge >= 0.3 is 0 Å². The number of carbonyl (C=O) groups excluding carboxylic acids is 2. The Balaban J connectivity index is 1.39. The number of piperazine rings is 1. The molecule has 2 amide bonds. The molecule has 0 spiro atoms. The first-order valence-corrected chi connectivity index (χ1v) is 9.81. The molecule has 1 aliphatic rings. The normalized spacial score (nSPS) is 14.3. The minimum atomic E-state index is 0.0636. The molecule has 142 valence electrons. The molecular formula is C23H28N2O2. The van der Waals surface area contributed by atoms with Gasteiger partial charge in [-0.2, -0.15) is 0 Å². The molecule has 2 aromatic carbocycles. The van der Waals surface area contributed by atoms with Crippen LogP contribution in [0.3, 0.4) is 0 Å². The summed E-state index contributed by atoms with van der Waals surface area (Å²) < 4.78 is 0. The van der Waals surface area contributed by atoms with Crippen molar-refractivity contribution in [3.05, 3.63) is 71.3 Å². The molecule has 4 heteroatoms. The summed E-state index contributed by atoms with van der Waals surface area (Å²) in [5.74, 6) is 0.277. The second-order valence-electron chi connectivity index (χ2n) is 7.24. The maximum Gasteiger partial charge on any atom is 0.253 e. The van der Waals surface area contributed by atoms with Crippen molar-refractivity contribution in [2.45, 2.75) is 32.6 Å². The topological polar surface area (TPSA) is 40.6 Å². The van der Waals surface area contributed by atoms with E-state index >= 15 is 0 Å². The summed E-state index contributed by atoms with van der Waals surface area (Å²) in [5.41, 5.74) is 3.15. The molecule has 1 saturated heterocycles. The van der Waals surface area contributed by atoms with Crippen LogP contribution in [0.5, 0.6) is 0 Å². The first-order chi connectivity index (χ1) is 13.1. The third-order valence-electron chi connectivity index (χ3n) is 5.13. The van der Waals surface area contributed by atoms with E-state index in [4.69, 9.17) is 0 Å². The standard InChI is InChI=1S/C23H28N2O2/c1-19-8-7-12-21(18-19)23(27)25-16-14-24(15-17-25)22(26)13-6-5-11-20-9-3-2-4-10-20/h2-4,7-10,12,18H,5-6,11,13-17H2,1H3. The second-order valence-corrected chi connectivity index (χ2v) is 7.24. The predicted octanol–water partition coefficient (Wildman–Crippen LogP) is 3.69. The fourth-order valence-corrected chi connectivity index (χ4v) is 3.53. The van der Waals surface area contributed by atoms with Crippen molar-refractivity contribution in [3.8, 4) is 0 Å². The van der Waals surface area contributed by atoms with Crippen LogP contribution in [0.25, 0.3) is 0 Å². The number of carbonyl (C=O) groups is 2. The van der Waals surface area contributed by atoms with Crippen LogP contribution in [0.1, 0.15) is 40.7 Å². The highest BCUT2D eigenvalue weighted by atomic mass is 16.2. The molecule has 0 radical (unpaired) electrons. The average Bonchev–Trinajstić information content (AvgIpc) is 2.71. The summed E-state index contributed by atoms with van der Waals surface area (Å²) in [5, 5.41) is 0. The highest BCUT2D eigenvalue weighted by molar-refractivity contribution is 5.94. The van der Waals surface area contributed by atoms with Crippen LogP contribution in [-0.2, 0) is 11.2 Å². The van der Waals surface area contributed by atoms with E-state index in [-0.39, 0.29) is 11.8 Å². The molecule has 0 atom stereocenters. The van der Waals surface area contributed by atoms with E-state index in [1.54, 1.807) is 0 Å². The van der Waals surface area contributed by atoms with Gasteiger partial charge in [0, 0.05) is 38.2 Å². The first-order valence-electron chi connectivity index (χ1n) is 9.81. The van der Waals surface area contributed by atoms with Gasteiger partial charge < -0.3 is 9.80 Å². The molecular weight excluding hydrogens is 336 g/mol. The molecule has 1 heterocycles. The summed E-state index contributed by atoms with van der Waals surface area (Å²) in [7, 11) is 0. The van der Waals surface area contributed by atoms with Crippen LogP contribution >= 0.6 is 0 Å². The van der Waals surface area contributed by atoms with E-state index in [0.29, 0.717) is 32.6 Å². The number of nitrogens with zero attached hydrogens (tertiary/aromatic N) is 2. The van der Waals surface area contributed by atoms with Crippen molar-refractivity contribution in [2.75, 3.05) is 26.2 Å². The van der Waals surface area contributed by atoms with Crippen molar-refractivity contribution < 1.29 is 9.59 Å². The Hall–Kier alpha value is -2.62. The molecule has 0 aliphatic carbocycles. The van der Waals surface area contributed by atoms with E-state index in [2.05, 4.69) is 24.3 Å². The van der Waals surface area contributed by atoms with Crippen molar-refractivity contribution in [1.82, 2.24) is 9.80 Å². The number of hydrogen-bond acceptors (Lipinski definition) is 2. The Morgan fingerprint density at radius 1 is 0.852 bits per heavy atom. The van der Waals surface area contributed by atoms with Crippen LogP contribution < -0.4 is 0 Å². The summed E-state index contributed by atoms with van der Waals surface area (Å²) in [4.78, 5) is 28.8. The van der Waals surface area contributed by atoms with Crippen LogP contribution in [0.4, 0.5) is 0 Å². The lowest BCUT2D eigenvalue weighted by Gasteiger charge is -2.35. The van der Waals surface area contributed by atoms with Crippen LogP contribution in [0.2, 0.25) is 0 Å². The predicted molar refractivity (Wildman–Crippen MR) is 108 cm³/mol. The maximum atomic E-state index is 12.6. The van der Waals surface area contributed by atoms with Crippen molar-refractivity contribution >= 4 is 11.8 Å². The Morgan fingerprint density at radius 3 is 2.26 bits per heavy atom. The molecule has 0 bridgehead atoms. The Labute approximate surface area is 161 Å². The summed E-state index contributed by atoms with van der Waals surface area (Å²) in [6.07, 6.45) is 3.56. The highest BCUT2D eigenvalue weighted by Crippen LogP contribution is 2.13. The SMILES string of the molecule is Cc1cccc(C(=O)N2CCN(C(=O)CCCCc3ccccc3)CC2)c1. The van der Waals surface area contributed by atoms with Crippen LogP contribution in [-0.4, -0.2) is 47.8 Å². The van der Waals surface area contributed by atoms with E-state index < -0.39 is 0 Å². The van der Waals surface area contributed by atoms with Crippen molar-refractivity contribution in [3.63, 3.8) is 0 Å². The van der Waals surface area contributed by atoms with Gasteiger partial charge in [-0.05, 0) is 43.9 Å².